The molecule has 1 heterocycles. The summed E-state index contributed by atoms with van der Waals surface area (Å²) in [6.07, 6.45) is 3.66. The molecular formula is C17H22ClFN4O2. The second-order valence-electron chi connectivity index (χ2n) is 5.53. The molecule has 1 N–H and O–H groups in total. The van der Waals surface area contributed by atoms with Crippen molar-refractivity contribution in [3.05, 3.63) is 52.6 Å². The number of urea groups is 1. The van der Waals surface area contributed by atoms with Gasteiger partial charge in [0.2, 0.25) is 0 Å². The number of ether oxygens (including phenoxy) is 1. The fourth-order valence-corrected chi connectivity index (χ4v) is 2.48. The Hall–Kier alpha value is -2.12. The average molecular weight is 369 g/mol. The molecule has 1 aromatic heterocycles. The molecule has 0 radical (unpaired) electrons. The molecule has 136 valence electrons. The first kappa shape index (κ1) is 19.2. The van der Waals surface area contributed by atoms with E-state index >= 15 is 0 Å². The Morgan fingerprint density at radius 1 is 1.44 bits per heavy atom. The fourth-order valence-electron chi connectivity index (χ4n) is 2.27. The lowest BCUT2D eigenvalue weighted by Gasteiger charge is -2.22. The lowest BCUT2D eigenvalue weighted by atomic mass is 10.2. The number of carbonyl (C=O) groups is 1. The van der Waals surface area contributed by atoms with Crippen LogP contribution in [-0.4, -0.2) is 41.0 Å². The number of hydrogen-bond acceptors (Lipinski definition) is 3. The van der Waals surface area contributed by atoms with E-state index in [1.54, 1.807) is 24.3 Å². The van der Waals surface area contributed by atoms with Gasteiger partial charge in [0.15, 0.2) is 0 Å². The standard InChI is InChI=1S/C17H22ClFN4O2/c1-3-23-12-14(10-21-23)11-22(6-7-25-2)17(24)20-9-13-4-5-16(19)15(18)8-13/h4-5,8,10,12H,3,6-7,9,11H2,1-2H3,(H,20,24). The number of benzene rings is 1. The Morgan fingerprint density at radius 3 is 2.88 bits per heavy atom. The van der Waals surface area contributed by atoms with Crippen LogP contribution in [0.2, 0.25) is 5.02 Å². The van der Waals surface area contributed by atoms with Crippen molar-refractivity contribution in [1.29, 1.82) is 0 Å². The maximum absolute atomic E-state index is 13.2. The van der Waals surface area contributed by atoms with Gasteiger partial charge in [0.05, 0.1) is 24.4 Å². The Balaban J connectivity index is 1.97. The van der Waals surface area contributed by atoms with E-state index in [1.807, 2.05) is 17.8 Å². The SMILES string of the molecule is CCn1cc(CN(CCOC)C(=O)NCc2ccc(F)c(Cl)c2)cn1. The number of nitrogens with zero attached hydrogens (tertiary/aromatic N) is 3. The van der Waals surface area contributed by atoms with Crippen LogP contribution in [-0.2, 0) is 24.4 Å². The monoisotopic (exact) mass is 368 g/mol. The Kier molecular flexibility index (Phi) is 7.21. The summed E-state index contributed by atoms with van der Waals surface area (Å²) in [5, 5.41) is 7.07. The summed E-state index contributed by atoms with van der Waals surface area (Å²) in [4.78, 5) is 14.1. The highest BCUT2D eigenvalue weighted by atomic mass is 35.5. The van der Waals surface area contributed by atoms with Gasteiger partial charge in [-0.25, -0.2) is 9.18 Å². The van der Waals surface area contributed by atoms with Gasteiger partial charge in [0.25, 0.3) is 0 Å². The number of carbonyl (C=O) groups excluding carboxylic acids is 1. The van der Waals surface area contributed by atoms with E-state index < -0.39 is 5.82 Å². The molecule has 0 saturated carbocycles. The largest absolute Gasteiger partial charge is 0.383 e. The number of hydrogen-bond donors (Lipinski definition) is 1. The van der Waals surface area contributed by atoms with Gasteiger partial charge in [-0.05, 0) is 24.6 Å². The molecule has 1 aromatic carbocycles. The van der Waals surface area contributed by atoms with Gasteiger partial charge in [0.1, 0.15) is 5.82 Å². The number of nitrogens with one attached hydrogen (secondary N) is 1. The van der Waals surface area contributed by atoms with Gasteiger partial charge in [-0.3, -0.25) is 4.68 Å². The third-order valence-electron chi connectivity index (χ3n) is 3.66. The van der Waals surface area contributed by atoms with Crippen molar-refractivity contribution in [1.82, 2.24) is 20.0 Å². The minimum atomic E-state index is -0.480. The lowest BCUT2D eigenvalue weighted by Crippen LogP contribution is -2.40. The summed E-state index contributed by atoms with van der Waals surface area (Å²) in [5.41, 5.74) is 1.67. The number of amides is 2. The molecular weight excluding hydrogens is 347 g/mol. The van der Waals surface area contributed by atoms with E-state index in [0.717, 1.165) is 17.7 Å². The molecule has 0 fully saturated rings. The summed E-state index contributed by atoms with van der Waals surface area (Å²) >= 11 is 5.76. The third-order valence-corrected chi connectivity index (χ3v) is 3.95. The van der Waals surface area contributed by atoms with Crippen LogP contribution in [0.3, 0.4) is 0 Å². The summed E-state index contributed by atoms with van der Waals surface area (Å²) < 4.78 is 20.1. The van der Waals surface area contributed by atoms with Gasteiger partial charge in [-0.1, -0.05) is 17.7 Å². The smallest absolute Gasteiger partial charge is 0.318 e. The second kappa shape index (κ2) is 9.39. The summed E-state index contributed by atoms with van der Waals surface area (Å²) in [6.45, 7) is 4.34. The van der Waals surface area contributed by atoms with Crippen molar-refractivity contribution in [3.8, 4) is 0 Å². The zero-order chi connectivity index (χ0) is 18.2. The van der Waals surface area contributed by atoms with Crippen molar-refractivity contribution in [3.63, 3.8) is 0 Å². The van der Waals surface area contributed by atoms with E-state index in [2.05, 4.69) is 10.4 Å². The van der Waals surface area contributed by atoms with Crippen molar-refractivity contribution < 1.29 is 13.9 Å². The van der Waals surface area contributed by atoms with E-state index in [-0.39, 0.29) is 17.6 Å². The average Bonchev–Trinajstić information content (AvgIpc) is 3.07. The van der Waals surface area contributed by atoms with E-state index in [9.17, 15) is 9.18 Å². The molecule has 0 aliphatic carbocycles. The molecule has 0 bridgehead atoms. The van der Waals surface area contributed by atoms with Crippen molar-refractivity contribution in [2.45, 2.75) is 26.6 Å². The van der Waals surface area contributed by atoms with Crippen LogP contribution >= 0.6 is 11.6 Å². The van der Waals surface area contributed by atoms with Crippen LogP contribution in [0.4, 0.5) is 9.18 Å². The molecule has 2 rings (SSSR count). The normalized spacial score (nSPS) is 10.7. The first-order chi connectivity index (χ1) is 12.0. The molecule has 6 nitrogen and oxygen atoms in total. The van der Waals surface area contributed by atoms with Crippen LogP contribution in [0.1, 0.15) is 18.1 Å². The first-order valence-corrected chi connectivity index (χ1v) is 8.38. The molecule has 0 aliphatic rings. The minimum absolute atomic E-state index is 0.0370. The Labute approximate surface area is 151 Å². The molecule has 0 unspecified atom stereocenters. The molecule has 2 aromatic rings. The van der Waals surface area contributed by atoms with Crippen molar-refractivity contribution in [2.75, 3.05) is 20.3 Å². The zero-order valence-corrected chi connectivity index (χ0v) is 15.1. The van der Waals surface area contributed by atoms with Crippen LogP contribution in [0.25, 0.3) is 0 Å². The summed E-state index contributed by atoms with van der Waals surface area (Å²) in [5.74, 6) is -0.480. The number of aromatic nitrogens is 2. The van der Waals surface area contributed by atoms with Crippen LogP contribution < -0.4 is 5.32 Å². The van der Waals surface area contributed by atoms with Gasteiger partial charge < -0.3 is 15.0 Å². The minimum Gasteiger partial charge on any atom is -0.383 e. The predicted molar refractivity (Wildman–Crippen MR) is 93.8 cm³/mol. The maximum atomic E-state index is 13.2. The van der Waals surface area contributed by atoms with Crippen molar-refractivity contribution >= 4 is 17.6 Å². The van der Waals surface area contributed by atoms with Gasteiger partial charge in [-0.2, -0.15) is 5.10 Å². The molecule has 25 heavy (non-hydrogen) atoms. The number of methoxy groups -OCH3 is 1. The van der Waals surface area contributed by atoms with Crippen molar-refractivity contribution in [2.24, 2.45) is 0 Å². The van der Waals surface area contributed by atoms with Gasteiger partial charge in [-0.15, -0.1) is 0 Å². The first-order valence-electron chi connectivity index (χ1n) is 8.00. The molecule has 0 atom stereocenters. The maximum Gasteiger partial charge on any atom is 0.318 e. The zero-order valence-electron chi connectivity index (χ0n) is 14.3. The highest BCUT2D eigenvalue weighted by Gasteiger charge is 2.15. The number of rotatable bonds is 8. The van der Waals surface area contributed by atoms with E-state index in [1.165, 1.54) is 12.1 Å². The summed E-state index contributed by atoms with van der Waals surface area (Å²) in [7, 11) is 1.59. The Morgan fingerprint density at radius 2 is 2.24 bits per heavy atom. The van der Waals surface area contributed by atoms with Crippen LogP contribution in [0, 0.1) is 5.82 Å². The van der Waals surface area contributed by atoms with Gasteiger partial charge >= 0.3 is 6.03 Å². The summed E-state index contributed by atoms with van der Waals surface area (Å²) in [6, 6.07) is 4.14. The molecule has 0 spiro atoms. The second-order valence-corrected chi connectivity index (χ2v) is 5.93. The predicted octanol–water partition coefficient (Wildman–Crippen LogP) is 3.05. The number of halogens is 2. The Bertz CT molecular complexity index is 708. The quantitative estimate of drug-likeness (QED) is 0.779. The molecule has 0 aliphatic heterocycles. The van der Waals surface area contributed by atoms with E-state index in [4.69, 9.17) is 16.3 Å². The van der Waals surface area contributed by atoms with Crippen LogP contribution in [0.5, 0.6) is 0 Å². The topological polar surface area (TPSA) is 59.4 Å². The highest BCUT2D eigenvalue weighted by Crippen LogP contribution is 2.16. The third kappa shape index (κ3) is 5.72. The fraction of sp³-hybridized carbons (Fsp3) is 0.412. The van der Waals surface area contributed by atoms with E-state index in [0.29, 0.717) is 19.7 Å². The number of aryl methyl sites for hydroxylation is 1. The molecule has 0 saturated heterocycles. The van der Waals surface area contributed by atoms with Crippen LogP contribution in [0.15, 0.2) is 30.6 Å². The molecule has 8 heteroatoms. The highest BCUT2D eigenvalue weighted by molar-refractivity contribution is 6.30. The van der Waals surface area contributed by atoms with Gasteiger partial charge in [0, 0.05) is 38.5 Å². The lowest BCUT2D eigenvalue weighted by molar-refractivity contribution is 0.146. The molecule has 2 amide bonds.